The Labute approximate surface area is 120 Å². The SMILES string of the molecule is Cl.O=C(C1CCNC1)N1CCC(c2ccccc2)C1. The summed E-state index contributed by atoms with van der Waals surface area (Å²) in [6.45, 7) is 3.69. The summed E-state index contributed by atoms with van der Waals surface area (Å²) in [7, 11) is 0. The number of nitrogens with zero attached hydrogens (tertiary/aromatic N) is 1. The lowest BCUT2D eigenvalue weighted by Crippen LogP contribution is -2.35. The fraction of sp³-hybridized carbons (Fsp3) is 0.533. The van der Waals surface area contributed by atoms with Crippen molar-refractivity contribution < 1.29 is 4.79 Å². The highest BCUT2D eigenvalue weighted by Gasteiger charge is 2.32. The lowest BCUT2D eigenvalue weighted by molar-refractivity contribution is -0.133. The van der Waals surface area contributed by atoms with Crippen LogP contribution >= 0.6 is 12.4 Å². The number of carbonyl (C=O) groups excluding carboxylic acids is 1. The van der Waals surface area contributed by atoms with Crippen molar-refractivity contribution in [1.82, 2.24) is 10.2 Å². The zero-order valence-corrected chi connectivity index (χ0v) is 11.9. The van der Waals surface area contributed by atoms with Crippen molar-refractivity contribution in [2.45, 2.75) is 18.8 Å². The van der Waals surface area contributed by atoms with Gasteiger partial charge in [0.2, 0.25) is 5.91 Å². The molecule has 4 heteroatoms. The third-order valence-electron chi connectivity index (χ3n) is 4.18. The number of hydrogen-bond donors (Lipinski definition) is 1. The zero-order chi connectivity index (χ0) is 12.4. The van der Waals surface area contributed by atoms with E-state index >= 15 is 0 Å². The molecular formula is C15H21ClN2O. The third-order valence-corrected chi connectivity index (χ3v) is 4.18. The molecule has 2 saturated heterocycles. The van der Waals surface area contributed by atoms with Gasteiger partial charge in [-0.1, -0.05) is 30.3 Å². The molecule has 1 aromatic rings. The average Bonchev–Trinajstić information content (AvgIpc) is 3.10. The van der Waals surface area contributed by atoms with Crippen LogP contribution in [0.2, 0.25) is 0 Å². The fourth-order valence-corrected chi connectivity index (χ4v) is 3.08. The molecule has 2 aliphatic heterocycles. The lowest BCUT2D eigenvalue weighted by atomic mass is 9.99. The molecular weight excluding hydrogens is 260 g/mol. The van der Waals surface area contributed by atoms with Crippen LogP contribution in [-0.4, -0.2) is 37.0 Å². The lowest BCUT2D eigenvalue weighted by Gasteiger charge is -2.20. The highest BCUT2D eigenvalue weighted by molar-refractivity contribution is 5.85. The fourth-order valence-electron chi connectivity index (χ4n) is 3.08. The molecule has 2 unspecified atom stereocenters. The van der Waals surface area contributed by atoms with E-state index in [1.165, 1.54) is 5.56 Å². The summed E-state index contributed by atoms with van der Waals surface area (Å²) in [5.41, 5.74) is 1.37. The maximum atomic E-state index is 12.3. The molecule has 19 heavy (non-hydrogen) atoms. The first-order valence-corrected chi connectivity index (χ1v) is 6.89. The van der Waals surface area contributed by atoms with Gasteiger partial charge in [0.1, 0.15) is 0 Å². The van der Waals surface area contributed by atoms with Crippen molar-refractivity contribution >= 4 is 18.3 Å². The molecule has 2 atom stereocenters. The van der Waals surface area contributed by atoms with Crippen LogP contribution in [0.3, 0.4) is 0 Å². The van der Waals surface area contributed by atoms with Crippen LogP contribution in [0.15, 0.2) is 30.3 Å². The first kappa shape index (κ1) is 14.4. The van der Waals surface area contributed by atoms with E-state index in [0.29, 0.717) is 11.8 Å². The number of hydrogen-bond acceptors (Lipinski definition) is 2. The van der Waals surface area contributed by atoms with Gasteiger partial charge in [-0.05, 0) is 24.9 Å². The first-order chi connectivity index (χ1) is 8.84. The van der Waals surface area contributed by atoms with E-state index in [1.807, 2.05) is 6.07 Å². The van der Waals surface area contributed by atoms with Gasteiger partial charge in [-0.2, -0.15) is 0 Å². The predicted octanol–water partition coefficient (Wildman–Crippen LogP) is 2.03. The van der Waals surface area contributed by atoms with Gasteiger partial charge in [-0.25, -0.2) is 0 Å². The molecule has 3 rings (SSSR count). The molecule has 2 heterocycles. The topological polar surface area (TPSA) is 32.3 Å². The molecule has 1 N–H and O–H groups in total. The maximum Gasteiger partial charge on any atom is 0.227 e. The summed E-state index contributed by atoms with van der Waals surface area (Å²) < 4.78 is 0. The normalized spacial score (nSPS) is 26.2. The highest BCUT2D eigenvalue weighted by atomic mass is 35.5. The summed E-state index contributed by atoms with van der Waals surface area (Å²) in [6, 6.07) is 10.6. The number of halogens is 1. The van der Waals surface area contributed by atoms with Crippen molar-refractivity contribution in [3.8, 4) is 0 Å². The Morgan fingerprint density at radius 3 is 2.68 bits per heavy atom. The largest absolute Gasteiger partial charge is 0.342 e. The average molecular weight is 281 g/mol. The van der Waals surface area contributed by atoms with Crippen molar-refractivity contribution in [2.75, 3.05) is 26.2 Å². The summed E-state index contributed by atoms with van der Waals surface area (Å²) in [6.07, 6.45) is 2.11. The Hall–Kier alpha value is -1.06. The highest BCUT2D eigenvalue weighted by Crippen LogP contribution is 2.28. The minimum Gasteiger partial charge on any atom is -0.342 e. The van der Waals surface area contributed by atoms with E-state index in [4.69, 9.17) is 0 Å². The molecule has 0 radical (unpaired) electrons. The molecule has 0 aliphatic carbocycles. The quantitative estimate of drug-likeness (QED) is 0.899. The van der Waals surface area contributed by atoms with E-state index in [2.05, 4.69) is 34.5 Å². The van der Waals surface area contributed by atoms with Crippen LogP contribution in [-0.2, 0) is 4.79 Å². The van der Waals surface area contributed by atoms with Crippen LogP contribution in [0.1, 0.15) is 24.3 Å². The van der Waals surface area contributed by atoms with E-state index < -0.39 is 0 Å². The number of carbonyl (C=O) groups is 1. The van der Waals surface area contributed by atoms with Crippen LogP contribution in [0.25, 0.3) is 0 Å². The molecule has 3 nitrogen and oxygen atoms in total. The molecule has 104 valence electrons. The van der Waals surface area contributed by atoms with Crippen LogP contribution in [0.5, 0.6) is 0 Å². The standard InChI is InChI=1S/C15H20N2O.ClH/c18-15(13-6-8-16-10-13)17-9-7-14(11-17)12-4-2-1-3-5-12;/h1-5,13-14,16H,6-11H2;1H. The number of nitrogens with one attached hydrogen (secondary N) is 1. The number of likely N-dealkylation sites (tertiary alicyclic amines) is 1. The number of rotatable bonds is 2. The van der Waals surface area contributed by atoms with Gasteiger partial charge < -0.3 is 10.2 Å². The monoisotopic (exact) mass is 280 g/mol. The van der Waals surface area contributed by atoms with Crippen molar-refractivity contribution in [2.24, 2.45) is 5.92 Å². The number of amides is 1. The Bertz CT molecular complexity index is 417. The molecule has 2 aliphatic rings. The van der Waals surface area contributed by atoms with Crippen LogP contribution in [0.4, 0.5) is 0 Å². The first-order valence-electron chi connectivity index (χ1n) is 6.89. The Kier molecular flexibility index (Phi) is 4.83. The van der Waals surface area contributed by atoms with Gasteiger partial charge in [0, 0.05) is 25.6 Å². The molecule has 0 bridgehead atoms. The summed E-state index contributed by atoms with van der Waals surface area (Å²) in [4.78, 5) is 14.4. The van der Waals surface area contributed by atoms with Gasteiger partial charge in [0.25, 0.3) is 0 Å². The van der Waals surface area contributed by atoms with E-state index in [1.54, 1.807) is 0 Å². The predicted molar refractivity (Wildman–Crippen MR) is 78.6 cm³/mol. The Balaban J connectivity index is 0.00000133. The molecule has 1 amide bonds. The third kappa shape index (κ3) is 3.10. The second kappa shape index (κ2) is 6.40. The summed E-state index contributed by atoms with van der Waals surface area (Å²) >= 11 is 0. The van der Waals surface area contributed by atoms with Crippen molar-refractivity contribution in [1.29, 1.82) is 0 Å². The van der Waals surface area contributed by atoms with Crippen molar-refractivity contribution in [3.05, 3.63) is 35.9 Å². The van der Waals surface area contributed by atoms with E-state index in [9.17, 15) is 4.79 Å². The number of benzene rings is 1. The molecule has 0 saturated carbocycles. The van der Waals surface area contributed by atoms with Crippen LogP contribution in [0, 0.1) is 5.92 Å². The minimum absolute atomic E-state index is 0. The molecule has 2 fully saturated rings. The van der Waals surface area contributed by atoms with E-state index in [-0.39, 0.29) is 18.3 Å². The van der Waals surface area contributed by atoms with Gasteiger partial charge in [-0.3, -0.25) is 4.79 Å². The second-order valence-corrected chi connectivity index (χ2v) is 5.37. The van der Waals surface area contributed by atoms with Gasteiger partial charge in [0.15, 0.2) is 0 Å². The van der Waals surface area contributed by atoms with E-state index in [0.717, 1.165) is 39.0 Å². The molecule has 0 spiro atoms. The molecule has 1 aromatic carbocycles. The Morgan fingerprint density at radius 2 is 2.00 bits per heavy atom. The van der Waals surface area contributed by atoms with Gasteiger partial charge in [0.05, 0.1) is 5.92 Å². The second-order valence-electron chi connectivity index (χ2n) is 5.37. The molecule has 0 aromatic heterocycles. The zero-order valence-electron chi connectivity index (χ0n) is 11.0. The smallest absolute Gasteiger partial charge is 0.227 e. The summed E-state index contributed by atoms with van der Waals surface area (Å²) in [5, 5.41) is 3.27. The maximum absolute atomic E-state index is 12.3. The van der Waals surface area contributed by atoms with Gasteiger partial charge >= 0.3 is 0 Å². The minimum atomic E-state index is 0. The van der Waals surface area contributed by atoms with Crippen molar-refractivity contribution in [3.63, 3.8) is 0 Å². The summed E-state index contributed by atoms with van der Waals surface area (Å²) in [5.74, 6) is 1.11. The Morgan fingerprint density at radius 1 is 1.21 bits per heavy atom. The van der Waals surface area contributed by atoms with Crippen LogP contribution < -0.4 is 5.32 Å². The van der Waals surface area contributed by atoms with Gasteiger partial charge in [-0.15, -0.1) is 12.4 Å².